The van der Waals surface area contributed by atoms with Gasteiger partial charge < -0.3 is 0 Å². The number of hydrogen-bond donors (Lipinski definition) is 0. The Labute approximate surface area is 112 Å². The van der Waals surface area contributed by atoms with E-state index in [1.165, 1.54) is 35.2 Å². The van der Waals surface area contributed by atoms with E-state index >= 15 is 0 Å². The Hall–Kier alpha value is 0.140. The summed E-state index contributed by atoms with van der Waals surface area (Å²) < 4.78 is 1.21. The van der Waals surface area contributed by atoms with Crippen LogP contribution in [0.25, 0.3) is 0 Å². The number of rotatable bonds is 7. The first kappa shape index (κ1) is 14.2. The Morgan fingerprint density at radius 3 is 2.62 bits per heavy atom. The fourth-order valence-corrected chi connectivity index (χ4v) is 3.20. The molecule has 0 saturated carbocycles. The first-order valence-corrected chi connectivity index (χ1v) is 7.77. The average molecular weight is 304 g/mol. The van der Waals surface area contributed by atoms with Crippen LogP contribution in [0.2, 0.25) is 0 Å². The second kappa shape index (κ2) is 7.46. The monoisotopic (exact) mass is 303 g/mol. The third-order valence-corrected chi connectivity index (χ3v) is 4.44. The van der Waals surface area contributed by atoms with Crippen molar-refractivity contribution in [3.63, 3.8) is 0 Å². The maximum Gasteiger partial charge on any atom is 0.0331 e. The van der Waals surface area contributed by atoms with Crippen LogP contribution in [0.15, 0.2) is 15.9 Å². The Kier molecular flexibility index (Phi) is 6.62. The van der Waals surface area contributed by atoms with E-state index in [0.717, 1.165) is 6.54 Å². The number of thiophene rings is 1. The summed E-state index contributed by atoms with van der Waals surface area (Å²) in [5.74, 6) is 0. The van der Waals surface area contributed by atoms with Crippen LogP contribution >= 0.6 is 27.3 Å². The lowest BCUT2D eigenvalue weighted by molar-refractivity contribution is 0.210. The quantitative estimate of drug-likeness (QED) is 0.647. The number of halogens is 1. The predicted molar refractivity (Wildman–Crippen MR) is 77.1 cm³/mol. The van der Waals surface area contributed by atoms with E-state index in [2.05, 4.69) is 53.0 Å². The standard InChI is InChI=1S/C13H22BrNS/c1-4-5-6-7-15(11(2)3)9-13-8-12(14)10-16-13/h8,10-11H,4-7,9H2,1-3H3. The van der Waals surface area contributed by atoms with Crippen LogP contribution in [0.5, 0.6) is 0 Å². The summed E-state index contributed by atoms with van der Waals surface area (Å²) in [4.78, 5) is 4.02. The van der Waals surface area contributed by atoms with Crippen molar-refractivity contribution < 1.29 is 0 Å². The summed E-state index contributed by atoms with van der Waals surface area (Å²) >= 11 is 5.36. The molecule has 0 radical (unpaired) electrons. The lowest BCUT2D eigenvalue weighted by Crippen LogP contribution is -2.30. The summed E-state index contributed by atoms with van der Waals surface area (Å²) in [7, 11) is 0. The van der Waals surface area contributed by atoms with Gasteiger partial charge in [-0.15, -0.1) is 11.3 Å². The average Bonchev–Trinajstić information content (AvgIpc) is 2.63. The highest BCUT2D eigenvalue weighted by Crippen LogP contribution is 2.22. The van der Waals surface area contributed by atoms with Crippen molar-refractivity contribution in [1.29, 1.82) is 0 Å². The molecule has 0 N–H and O–H groups in total. The first-order chi connectivity index (χ1) is 7.63. The molecular formula is C13H22BrNS. The van der Waals surface area contributed by atoms with E-state index in [4.69, 9.17) is 0 Å². The summed E-state index contributed by atoms with van der Waals surface area (Å²) in [6, 6.07) is 2.87. The van der Waals surface area contributed by atoms with Crippen molar-refractivity contribution in [3.05, 3.63) is 20.8 Å². The molecule has 0 aliphatic rings. The van der Waals surface area contributed by atoms with Crippen LogP contribution in [-0.2, 0) is 6.54 Å². The summed E-state index contributed by atoms with van der Waals surface area (Å²) in [5.41, 5.74) is 0. The second-order valence-electron chi connectivity index (χ2n) is 4.50. The molecule has 1 nitrogen and oxygen atoms in total. The van der Waals surface area contributed by atoms with E-state index in [0.29, 0.717) is 6.04 Å². The van der Waals surface area contributed by atoms with Crippen LogP contribution < -0.4 is 0 Å². The number of hydrogen-bond acceptors (Lipinski definition) is 2. The smallest absolute Gasteiger partial charge is 0.0331 e. The Morgan fingerprint density at radius 2 is 2.12 bits per heavy atom. The zero-order valence-electron chi connectivity index (χ0n) is 10.5. The summed E-state index contributed by atoms with van der Waals surface area (Å²) in [6.07, 6.45) is 3.97. The largest absolute Gasteiger partial charge is 0.296 e. The van der Waals surface area contributed by atoms with Gasteiger partial charge in [-0.1, -0.05) is 19.8 Å². The van der Waals surface area contributed by atoms with Crippen molar-refractivity contribution in [1.82, 2.24) is 4.90 Å². The van der Waals surface area contributed by atoms with Gasteiger partial charge in [-0.25, -0.2) is 0 Å². The molecule has 0 unspecified atom stereocenters. The SMILES string of the molecule is CCCCCN(Cc1cc(Br)cs1)C(C)C. The molecule has 3 heteroatoms. The molecule has 92 valence electrons. The molecule has 0 spiro atoms. The van der Waals surface area contributed by atoms with Gasteiger partial charge in [0, 0.05) is 27.3 Å². The van der Waals surface area contributed by atoms with Crippen molar-refractivity contribution in [2.45, 2.75) is 52.6 Å². The fraction of sp³-hybridized carbons (Fsp3) is 0.692. The summed E-state index contributed by atoms with van der Waals surface area (Å²) in [6.45, 7) is 9.15. The van der Waals surface area contributed by atoms with Gasteiger partial charge in [0.05, 0.1) is 0 Å². The predicted octanol–water partition coefficient (Wildman–Crippen LogP) is 4.91. The lowest BCUT2D eigenvalue weighted by atomic mass is 10.2. The molecule has 0 aliphatic carbocycles. The van der Waals surface area contributed by atoms with Crippen LogP contribution in [-0.4, -0.2) is 17.5 Å². The van der Waals surface area contributed by atoms with Gasteiger partial charge >= 0.3 is 0 Å². The molecule has 0 saturated heterocycles. The molecule has 1 heterocycles. The van der Waals surface area contributed by atoms with Gasteiger partial charge in [0.15, 0.2) is 0 Å². The molecule has 0 fully saturated rings. The molecule has 1 rings (SSSR count). The van der Waals surface area contributed by atoms with E-state index in [1.807, 2.05) is 11.3 Å². The second-order valence-corrected chi connectivity index (χ2v) is 6.41. The van der Waals surface area contributed by atoms with E-state index < -0.39 is 0 Å². The van der Waals surface area contributed by atoms with Crippen molar-refractivity contribution in [3.8, 4) is 0 Å². The first-order valence-electron chi connectivity index (χ1n) is 6.10. The third-order valence-electron chi connectivity index (χ3n) is 2.76. The molecule has 0 amide bonds. The van der Waals surface area contributed by atoms with E-state index in [-0.39, 0.29) is 0 Å². The molecule has 1 aromatic heterocycles. The molecule has 0 atom stereocenters. The minimum Gasteiger partial charge on any atom is -0.296 e. The Bertz CT molecular complexity index is 296. The summed E-state index contributed by atoms with van der Waals surface area (Å²) in [5, 5.41) is 2.17. The highest BCUT2D eigenvalue weighted by molar-refractivity contribution is 9.10. The Morgan fingerprint density at radius 1 is 1.38 bits per heavy atom. The topological polar surface area (TPSA) is 3.24 Å². The van der Waals surface area contributed by atoms with Crippen molar-refractivity contribution >= 4 is 27.3 Å². The lowest BCUT2D eigenvalue weighted by Gasteiger charge is -2.25. The maximum atomic E-state index is 3.51. The van der Waals surface area contributed by atoms with Gasteiger partial charge in [-0.05, 0) is 48.8 Å². The zero-order chi connectivity index (χ0) is 12.0. The Balaban J connectivity index is 2.44. The number of unbranched alkanes of at least 4 members (excludes halogenated alkanes) is 2. The van der Waals surface area contributed by atoms with Crippen molar-refractivity contribution in [2.24, 2.45) is 0 Å². The minimum absolute atomic E-state index is 0.637. The van der Waals surface area contributed by atoms with Crippen molar-refractivity contribution in [2.75, 3.05) is 6.54 Å². The maximum absolute atomic E-state index is 3.51. The van der Waals surface area contributed by atoms with E-state index in [1.54, 1.807) is 0 Å². The third kappa shape index (κ3) is 4.98. The molecule has 16 heavy (non-hydrogen) atoms. The molecule has 1 aromatic rings. The molecule has 0 aliphatic heterocycles. The van der Waals surface area contributed by atoms with Gasteiger partial charge in [0.1, 0.15) is 0 Å². The fourth-order valence-electron chi connectivity index (χ4n) is 1.72. The normalized spacial score (nSPS) is 11.6. The molecule has 0 aromatic carbocycles. The van der Waals surface area contributed by atoms with Gasteiger partial charge in [0.2, 0.25) is 0 Å². The molecule has 0 bridgehead atoms. The van der Waals surface area contributed by atoms with Crippen LogP contribution in [0.1, 0.15) is 44.9 Å². The van der Waals surface area contributed by atoms with Gasteiger partial charge in [-0.2, -0.15) is 0 Å². The van der Waals surface area contributed by atoms with Gasteiger partial charge in [-0.3, -0.25) is 4.90 Å². The highest BCUT2D eigenvalue weighted by atomic mass is 79.9. The van der Waals surface area contributed by atoms with Gasteiger partial charge in [0.25, 0.3) is 0 Å². The number of nitrogens with zero attached hydrogens (tertiary/aromatic N) is 1. The van der Waals surface area contributed by atoms with Crippen LogP contribution in [0.3, 0.4) is 0 Å². The zero-order valence-corrected chi connectivity index (χ0v) is 12.9. The van der Waals surface area contributed by atoms with Crippen LogP contribution in [0, 0.1) is 0 Å². The van der Waals surface area contributed by atoms with Crippen LogP contribution in [0.4, 0.5) is 0 Å². The molecular weight excluding hydrogens is 282 g/mol. The highest BCUT2D eigenvalue weighted by Gasteiger charge is 2.10. The van der Waals surface area contributed by atoms with E-state index in [9.17, 15) is 0 Å². The minimum atomic E-state index is 0.637.